The van der Waals surface area contributed by atoms with E-state index in [1.165, 1.54) is 67.5 Å². The molecule has 2 fully saturated rings. The first-order valence-electron chi connectivity index (χ1n) is 11.8. The molecule has 0 atom stereocenters. The fourth-order valence-electron chi connectivity index (χ4n) is 3.20. The minimum atomic E-state index is -0.401. The van der Waals surface area contributed by atoms with Gasteiger partial charge in [0.2, 0.25) is 0 Å². The summed E-state index contributed by atoms with van der Waals surface area (Å²) in [7, 11) is 0. The van der Waals surface area contributed by atoms with Gasteiger partial charge in [0, 0.05) is 26.9 Å². The summed E-state index contributed by atoms with van der Waals surface area (Å²) in [6.07, 6.45) is 8.23. The van der Waals surface area contributed by atoms with Crippen LogP contribution < -0.4 is 113 Å². The van der Waals surface area contributed by atoms with Crippen LogP contribution in [-0.2, 0) is 9.68 Å². The quantitative estimate of drug-likeness (QED) is 0.0816. The first-order chi connectivity index (χ1) is 18.8. The molecule has 2 aliphatic rings. The summed E-state index contributed by atoms with van der Waals surface area (Å²) in [5, 5.41) is 21.8. The average Bonchev–Trinajstić information content (AvgIpc) is 3.87. The van der Waals surface area contributed by atoms with Crippen LogP contribution in [0.15, 0.2) is 48.8 Å². The van der Waals surface area contributed by atoms with E-state index in [1.807, 2.05) is 0 Å². The molecule has 1 N–H and O–H groups in total. The van der Waals surface area contributed by atoms with Crippen molar-refractivity contribution in [1.82, 2.24) is 9.97 Å². The molecule has 2 aliphatic carbocycles. The van der Waals surface area contributed by atoms with E-state index in [0.717, 1.165) is 11.3 Å². The first-order valence-corrected chi connectivity index (χ1v) is 13.7. The fourth-order valence-corrected chi connectivity index (χ4v) is 4.26. The smallest absolute Gasteiger partial charge is 1.00 e. The minimum absolute atomic E-state index is 0. The van der Waals surface area contributed by atoms with Crippen LogP contribution in [0.4, 0.5) is 8.78 Å². The molecular weight excluding hydrogens is 699 g/mol. The molecule has 0 bridgehead atoms. The number of benzene rings is 2. The van der Waals surface area contributed by atoms with Crippen molar-refractivity contribution in [3.05, 3.63) is 70.7 Å². The van der Waals surface area contributed by atoms with E-state index in [-0.39, 0.29) is 127 Å². The average molecular weight is 725 g/mol. The number of rotatable bonds is 5. The van der Waals surface area contributed by atoms with Crippen LogP contribution >= 0.6 is 39.1 Å². The van der Waals surface area contributed by atoms with Crippen LogP contribution in [0.5, 0.6) is 11.5 Å². The van der Waals surface area contributed by atoms with Gasteiger partial charge in [-0.25, -0.2) is 18.7 Å². The molecule has 6 rings (SSSR count). The zero-order valence-electron chi connectivity index (χ0n) is 23.5. The SMILES string of the molecule is BrCC1CC1.Fc1ccc2c(OCC3CC3)cnc(Cl)c2c1.O=CO[O-].Oc1cnc(Cl)c2cc(F)ccc12.[H-].[K+].[K+]. The molecule has 0 radical (unpaired) electrons. The van der Waals surface area contributed by atoms with Gasteiger partial charge in [-0.15, -0.1) is 0 Å². The molecule has 0 aliphatic heterocycles. The van der Waals surface area contributed by atoms with Crippen LogP contribution in [-0.4, -0.2) is 33.5 Å². The number of alkyl halides is 1. The molecule has 4 aromatic rings. The Kier molecular flexibility index (Phi) is 19.8. The van der Waals surface area contributed by atoms with Gasteiger partial charge >= 0.3 is 103 Å². The molecule has 2 aromatic heterocycles. The van der Waals surface area contributed by atoms with Gasteiger partial charge in [0.15, 0.2) is 0 Å². The second-order valence-corrected chi connectivity index (χ2v) is 10.1. The number of halogens is 5. The van der Waals surface area contributed by atoms with Gasteiger partial charge in [0.1, 0.15) is 33.4 Å². The Bertz CT molecular complexity index is 1430. The third-order valence-electron chi connectivity index (χ3n) is 5.67. The molecular formula is C27H25BrCl2F2K2N2O5. The van der Waals surface area contributed by atoms with Crippen molar-refractivity contribution in [2.45, 2.75) is 25.7 Å². The van der Waals surface area contributed by atoms with Gasteiger partial charge in [-0.2, -0.15) is 0 Å². The van der Waals surface area contributed by atoms with Crippen LogP contribution in [0.2, 0.25) is 10.3 Å². The summed E-state index contributed by atoms with van der Waals surface area (Å²) in [5.41, 5.74) is 0. The fraction of sp³-hybridized carbons (Fsp3) is 0.296. The topological polar surface area (TPSA) is 105 Å². The molecule has 7 nitrogen and oxygen atoms in total. The number of fused-ring (bicyclic) bond motifs is 2. The third kappa shape index (κ3) is 13.6. The number of hydrogen-bond donors (Lipinski definition) is 1. The van der Waals surface area contributed by atoms with Crippen molar-refractivity contribution in [1.29, 1.82) is 0 Å². The van der Waals surface area contributed by atoms with E-state index in [1.54, 1.807) is 12.3 Å². The Labute approximate surface area is 341 Å². The number of hydrogen-bond acceptors (Lipinski definition) is 7. The molecule has 2 heterocycles. The normalized spacial score (nSPS) is 13.0. The standard InChI is InChI=1S/C13H11ClFNO.C9H5ClFNO.C4H7Br.CH2O3.2K.H/c14-13-11-5-9(15)3-4-10(11)12(6-16-13)17-7-8-1-2-8;10-9-7-3-5(11)1-2-6(7)8(13)4-12-9;5-3-4-1-2-4;2-1-4-3;;;/h3-6,8H,1-2,7H2;1-4,13H;4H,1-3H2;1,3H;;;/q;;;;2*+1;-1/p-1. The Balaban J connectivity index is 0.000000597. The molecule has 0 saturated heterocycles. The Morgan fingerprint density at radius 1 is 0.927 bits per heavy atom. The van der Waals surface area contributed by atoms with E-state index in [2.05, 4.69) is 30.8 Å². The molecule has 14 heteroatoms. The molecule has 41 heavy (non-hydrogen) atoms. The van der Waals surface area contributed by atoms with Crippen molar-refractivity contribution in [3.63, 3.8) is 0 Å². The molecule has 0 unspecified atom stereocenters. The number of carbonyl (C=O) groups excluding carboxylic acids is 1. The minimum Gasteiger partial charge on any atom is -1.00 e. The van der Waals surface area contributed by atoms with Crippen LogP contribution in [0.1, 0.15) is 27.1 Å². The van der Waals surface area contributed by atoms with Gasteiger partial charge in [0.05, 0.1) is 19.0 Å². The number of ether oxygens (including phenoxy) is 1. The maximum absolute atomic E-state index is 13.1. The maximum Gasteiger partial charge on any atom is 1.00 e. The van der Waals surface area contributed by atoms with Crippen molar-refractivity contribution < 1.29 is 138 Å². The molecule has 0 amide bonds. The van der Waals surface area contributed by atoms with Crippen molar-refractivity contribution in [3.8, 4) is 11.5 Å². The summed E-state index contributed by atoms with van der Waals surface area (Å²) in [6.45, 7) is 0.524. The van der Waals surface area contributed by atoms with Crippen molar-refractivity contribution in [2.24, 2.45) is 11.8 Å². The number of pyridine rings is 2. The van der Waals surface area contributed by atoms with Crippen molar-refractivity contribution >= 4 is 67.1 Å². The molecule has 210 valence electrons. The summed E-state index contributed by atoms with van der Waals surface area (Å²) in [6, 6.07) is 8.44. The van der Waals surface area contributed by atoms with Crippen molar-refractivity contribution in [2.75, 3.05) is 11.9 Å². The first kappa shape index (κ1) is 39.5. The second kappa shape index (κ2) is 20.5. The summed E-state index contributed by atoms with van der Waals surface area (Å²) < 4.78 is 31.6. The van der Waals surface area contributed by atoms with Gasteiger partial charge < -0.3 is 21.4 Å². The summed E-state index contributed by atoms with van der Waals surface area (Å²) in [5.74, 6) is 1.68. The maximum atomic E-state index is 13.1. The number of nitrogens with zero attached hydrogens (tertiary/aromatic N) is 2. The molecule has 2 aromatic carbocycles. The Morgan fingerprint density at radius 2 is 1.41 bits per heavy atom. The number of aromatic hydroxyl groups is 1. The van der Waals surface area contributed by atoms with Gasteiger partial charge in [-0.3, -0.25) is 4.79 Å². The third-order valence-corrected chi connectivity index (χ3v) is 7.19. The van der Waals surface area contributed by atoms with Crippen LogP contribution in [0.25, 0.3) is 21.5 Å². The zero-order valence-corrected chi connectivity index (χ0v) is 31.8. The van der Waals surface area contributed by atoms with E-state index < -0.39 is 5.82 Å². The van der Waals surface area contributed by atoms with Crippen LogP contribution in [0.3, 0.4) is 0 Å². The predicted octanol–water partition coefficient (Wildman–Crippen LogP) is 0.895. The van der Waals surface area contributed by atoms with E-state index >= 15 is 0 Å². The second-order valence-electron chi connectivity index (χ2n) is 8.77. The van der Waals surface area contributed by atoms with Crippen LogP contribution in [0, 0.1) is 23.5 Å². The predicted molar refractivity (Wildman–Crippen MR) is 148 cm³/mol. The largest absolute Gasteiger partial charge is 1.00 e. The molecule has 0 spiro atoms. The summed E-state index contributed by atoms with van der Waals surface area (Å²) >= 11 is 15.0. The van der Waals surface area contributed by atoms with E-state index in [9.17, 15) is 13.9 Å². The number of carbonyl (C=O) groups is 1. The number of aromatic nitrogens is 2. The Hall–Kier alpha value is 0.483. The monoisotopic (exact) mass is 722 g/mol. The Morgan fingerprint density at radius 3 is 1.88 bits per heavy atom. The van der Waals surface area contributed by atoms with Gasteiger partial charge in [-0.1, -0.05) is 39.1 Å². The van der Waals surface area contributed by atoms with E-state index in [4.69, 9.17) is 38.0 Å². The van der Waals surface area contributed by atoms with Gasteiger partial charge in [0.25, 0.3) is 6.47 Å². The zero-order chi connectivity index (χ0) is 28.4. The molecule has 2 saturated carbocycles. The summed E-state index contributed by atoms with van der Waals surface area (Å²) in [4.78, 5) is 19.0. The van der Waals surface area contributed by atoms with Gasteiger partial charge in [-0.05, 0) is 73.9 Å². The van der Waals surface area contributed by atoms with E-state index in [0.29, 0.717) is 39.6 Å².